The Hall–Kier alpha value is -2.14. The molecule has 0 aliphatic rings. The van der Waals surface area contributed by atoms with E-state index in [0.29, 0.717) is 0 Å². The maximum Gasteiger partial charge on any atom is 0.304 e. The second kappa shape index (κ2) is 5.09. The van der Waals surface area contributed by atoms with Gasteiger partial charge < -0.3 is 5.32 Å². The quantitative estimate of drug-likeness (QED) is 0.632. The van der Waals surface area contributed by atoms with E-state index in [0.717, 1.165) is 17.4 Å². The van der Waals surface area contributed by atoms with E-state index in [4.69, 9.17) is 0 Å². The van der Waals surface area contributed by atoms with Gasteiger partial charge in [0.05, 0.1) is 11.1 Å². The molecule has 2 N–H and O–H groups in total. The van der Waals surface area contributed by atoms with Gasteiger partial charge in [0.15, 0.2) is 5.00 Å². The van der Waals surface area contributed by atoms with E-state index in [2.05, 4.69) is 15.1 Å². The lowest BCUT2D eigenvalue weighted by atomic mass is 10.5. The Morgan fingerprint density at radius 1 is 1.50 bits per heavy atom. The van der Waals surface area contributed by atoms with Gasteiger partial charge in [0.1, 0.15) is 10.0 Å². The molecule has 9 nitrogen and oxygen atoms in total. The van der Waals surface area contributed by atoms with Crippen LogP contribution >= 0.6 is 11.3 Å². The zero-order valence-electron chi connectivity index (χ0n) is 10.5. The molecular weight excluding hydrogens is 306 g/mol. The summed E-state index contributed by atoms with van der Waals surface area (Å²) in [7, 11) is -0.821. The summed E-state index contributed by atoms with van der Waals surface area (Å²) < 4.78 is 27.8. The van der Waals surface area contributed by atoms with Gasteiger partial charge in [-0.25, -0.2) is 8.42 Å². The molecule has 0 atom stereocenters. The minimum absolute atomic E-state index is 0.144. The fraction of sp³-hybridized carbons (Fsp3) is 0.222. The molecule has 0 bridgehead atoms. The van der Waals surface area contributed by atoms with Crippen molar-refractivity contribution in [1.29, 1.82) is 0 Å². The van der Waals surface area contributed by atoms with Crippen LogP contribution in [0.3, 0.4) is 0 Å². The van der Waals surface area contributed by atoms with Gasteiger partial charge in [0.25, 0.3) is 10.0 Å². The molecule has 0 spiro atoms. The maximum absolute atomic E-state index is 12.2. The van der Waals surface area contributed by atoms with Gasteiger partial charge >= 0.3 is 5.69 Å². The third-order valence-electron chi connectivity index (χ3n) is 2.44. The Bertz CT molecular complexity index is 748. The molecule has 108 valence electrons. The topological polar surface area (TPSA) is 119 Å². The van der Waals surface area contributed by atoms with Crippen molar-refractivity contribution < 1.29 is 13.3 Å². The van der Waals surface area contributed by atoms with Crippen molar-refractivity contribution in [2.24, 2.45) is 7.05 Å². The molecule has 0 amide bonds. The lowest BCUT2D eigenvalue weighted by molar-refractivity contribution is -0.383. The van der Waals surface area contributed by atoms with Crippen LogP contribution in [0.2, 0.25) is 0 Å². The Kier molecular flexibility index (Phi) is 3.63. The van der Waals surface area contributed by atoms with Crippen LogP contribution in [0.1, 0.15) is 0 Å². The maximum atomic E-state index is 12.2. The van der Waals surface area contributed by atoms with Crippen molar-refractivity contribution in [2.45, 2.75) is 4.21 Å². The molecule has 2 heterocycles. The first-order valence-corrected chi connectivity index (χ1v) is 7.62. The Morgan fingerprint density at radius 2 is 2.20 bits per heavy atom. The fourth-order valence-electron chi connectivity index (χ4n) is 1.47. The van der Waals surface area contributed by atoms with E-state index in [-0.39, 0.29) is 20.7 Å². The van der Waals surface area contributed by atoms with Crippen molar-refractivity contribution in [2.75, 3.05) is 17.1 Å². The van der Waals surface area contributed by atoms with Crippen LogP contribution in [-0.2, 0) is 17.1 Å². The average Bonchev–Trinajstić information content (AvgIpc) is 2.96. The fourth-order valence-corrected chi connectivity index (χ4v) is 3.84. The first kappa shape index (κ1) is 14.3. The molecule has 0 aliphatic carbocycles. The second-order valence-corrected chi connectivity index (χ2v) is 6.69. The van der Waals surface area contributed by atoms with Crippen LogP contribution in [0.25, 0.3) is 0 Å². The van der Waals surface area contributed by atoms with E-state index in [1.807, 2.05) is 0 Å². The van der Waals surface area contributed by atoms with Crippen molar-refractivity contribution in [3.63, 3.8) is 0 Å². The van der Waals surface area contributed by atoms with Crippen LogP contribution in [-0.4, -0.2) is 30.2 Å². The van der Waals surface area contributed by atoms with Gasteiger partial charge in [-0.3, -0.25) is 19.5 Å². The van der Waals surface area contributed by atoms with Crippen LogP contribution in [0.4, 0.5) is 16.5 Å². The van der Waals surface area contributed by atoms with Gasteiger partial charge in [-0.15, -0.1) is 0 Å². The molecular formula is C9H11N5O4S2. The van der Waals surface area contributed by atoms with Crippen molar-refractivity contribution in [3.05, 3.63) is 28.4 Å². The van der Waals surface area contributed by atoms with Gasteiger partial charge in [0, 0.05) is 26.2 Å². The summed E-state index contributed by atoms with van der Waals surface area (Å²) in [6.07, 6.45) is 1.44. The van der Waals surface area contributed by atoms with Crippen LogP contribution in [0, 0.1) is 10.1 Å². The summed E-state index contributed by atoms with van der Waals surface area (Å²) in [6.45, 7) is 0. The van der Waals surface area contributed by atoms with Crippen LogP contribution in [0.15, 0.2) is 22.5 Å². The molecule has 2 rings (SSSR count). The van der Waals surface area contributed by atoms with Gasteiger partial charge in [0.2, 0.25) is 0 Å². The molecule has 0 radical (unpaired) electrons. The molecule has 0 unspecified atom stereocenters. The summed E-state index contributed by atoms with van der Waals surface area (Å²) in [5.74, 6) is 0.270. The van der Waals surface area contributed by atoms with Crippen molar-refractivity contribution >= 4 is 37.9 Å². The predicted molar refractivity (Wildman–Crippen MR) is 74.5 cm³/mol. The number of nitro groups is 1. The highest BCUT2D eigenvalue weighted by molar-refractivity contribution is 7.94. The van der Waals surface area contributed by atoms with Crippen LogP contribution in [0.5, 0.6) is 0 Å². The smallest absolute Gasteiger partial charge is 0.304 e. The highest BCUT2D eigenvalue weighted by Crippen LogP contribution is 2.37. The van der Waals surface area contributed by atoms with Gasteiger partial charge in [-0.05, 0) is 0 Å². The number of sulfonamides is 1. The molecule has 2 aromatic heterocycles. The highest BCUT2D eigenvalue weighted by Gasteiger charge is 2.26. The monoisotopic (exact) mass is 317 g/mol. The number of hydrogen-bond acceptors (Lipinski definition) is 7. The normalized spacial score (nSPS) is 11.3. The molecule has 0 saturated carbocycles. The summed E-state index contributed by atoms with van der Waals surface area (Å²) in [6, 6.07) is 2.51. The molecule has 0 aliphatic heterocycles. The number of thiophene rings is 1. The minimum Gasteiger partial charge on any atom is -0.374 e. The number of nitrogens with one attached hydrogen (secondary N) is 2. The number of aromatic nitrogens is 2. The van der Waals surface area contributed by atoms with Crippen molar-refractivity contribution in [3.8, 4) is 0 Å². The zero-order chi connectivity index (χ0) is 14.9. The lowest BCUT2D eigenvalue weighted by Crippen LogP contribution is -2.14. The van der Waals surface area contributed by atoms with Crippen molar-refractivity contribution in [1.82, 2.24) is 9.78 Å². The highest BCUT2D eigenvalue weighted by atomic mass is 32.2. The lowest BCUT2D eigenvalue weighted by Gasteiger charge is -2.05. The molecule has 0 fully saturated rings. The number of rotatable bonds is 5. The van der Waals surface area contributed by atoms with E-state index < -0.39 is 14.9 Å². The SMILES string of the molecule is CNc1sc(S(=O)(=O)Nc2ccnn2C)cc1[N+](=O)[O-]. The largest absolute Gasteiger partial charge is 0.374 e. The van der Waals surface area contributed by atoms with E-state index >= 15 is 0 Å². The Labute approximate surface area is 118 Å². The number of anilines is 2. The zero-order valence-corrected chi connectivity index (χ0v) is 12.2. The van der Waals surface area contributed by atoms with E-state index in [1.165, 1.54) is 24.0 Å². The molecule has 0 saturated heterocycles. The first-order valence-electron chi connectivity index (χ1n) is 5.32. The predicted octanol–water partition coefficient (Wildman–Crippen LogP) is 1.23. The third-order valence-corrected chi connectivity index (χ3v) is 5.41. The number of nitrogens with zero attached hydrogens (tertiary/aromatic N) is 3. The van der Waals surface area contributed by atoms with E-state index in [1.54, 1.807) is 7.05 Å². The van der Waals surface area contributed by atoms with E-state index in [9.17, 15) is 18.5 Å². The Morgan fingerprint density at radius 3 is 2.65 bits per heavy atom. The standard InChI is InChI=1S/C9H11N5O4S2/c1-10-9-6(14(15)16)5-8(19-9)20(17,18)12-7-3-4-11-13(7)2/h3-5,10,12H,1-2H3. The summed E-state index contributed by atoms with van der Waals surface area (Å²) >= 11 is 0.790. The second-order valence-electron chi connectivity index (χ2n) is 3.73. The molecule has 11 heteroatoms. The van der Waals surface area contributed by atoms with Crippen LogP contribution < -0.4 is 10.0 Å². The average molecular weight is 317 g/mol. The van der Waals surface area contributed by atoms with Gasteiger partial charge in [-0.1, -0.05) is 11.3 Å². The summed E-state index contributed by atoms with van der Waals surface area (Å²) in [5.41, 5.74) is -0.275. The molecule has 0 aromatic carbocycles. The molecule has 20 heavy (non-hydrogen) atoms. The number of aryl methyl sites for hydroxylation is 1. The summed E-state index contributed by atoms with van der Waals surface area (Å²) in [4.78, 5) is 10.2. The third kappa shape index (κ3) is 2.58. The number of hydrogen-bond donors (Lipinski definition) is 2. The first-order chi connectivity index (χ1) is 9.35. The Balaban J connectivity index is 2.40. The minimum atomic E-state index is -3.89. The molecule has 2 aromatic rings. The van der Waals surface area contributed by atoms with Gasteiger partial charge in [-0.2, -0.15) is 5.10 Å². The summed E-state index contributed by atoms with van der Waals surface area (Å²) in [5, 5.41) is 17.5.